The van der Waals surface area contributed by atoms with Gasteiger partial charge in [-0.2, -0.15) is 0 Å². The van der Waals surface area contributed by atoms with Crippen LogP contribution in [0.3, 0.4) is 0 Å². The summed E-state index contributed by atoms with van der Waals surface area (Å²) in [7, 11) is 0. The van der Waals surface area contributed by atoms with E-state index >= 15 is 0 Å². The molecule has 3 heteroatoms. The molecule has 1 aromatic carbocycles. The van der Waals surface area contributed by atoms with Crippen molar-refractivity contribution in [2.75, 3.05) is 26.2 Å². The smallest absolute Gasteiger partial charge is 0.0702 e. The number of benzene rings is 1. The molecule has 0 aromatic heterocycles. The molecule has 116 valence electrons. The lowest BCUT2D eigenvalue weighted by atomic mass is 10.0. The van der Waals surface area contributed by atoms with Crippen LogP contribution in [0.1, 0.15) is 44.2 Å². The standard InChI is InChI=1S/C18H28N2O/c1-15-10-11-19-18(16-7-3-2-4-8-16)14-20(15)13-17-9-5-6-12-21-17/h2-4,7-8,15,17-19H,5-6,9-14H2,1H3. The predicted octanol–water partition coefficient (Wildman–Crippen LogP) is 2.98. The number of nitrogens with zero attached hydrogens (tertiary/aromatic N) is 1. The molecule has 3 rings (SSSR count). The second-order valence-corrected chi connectivity index (χ2v) is 6.50. The first-order valence-corrected chi connectivity index (χ1v) is 8.47. The number of ether oxygens (including phenoxy) is 1. The van der Waals surface area contributed by atoms with E-state index in [0.29, 0.717) is 18.2 Å². The van der Waals surface area contributed by atoms with E-state index in [1.165, 1.54) is 31.2 Å². The zero-order valence-corrected chi connectivity index (χ0v) is 13.1. The Hall–Kier alpha value is -0.900. The highest BCUT2D eigenvalue weighted by Crippen LogP contribution is 2.22. The number of rotatable bonds is 3. The van der Waals surface area contributed by atoms with Crippen molar-refractivity contribution in [3.63, 3.8) is 0 Å². The summed E-state index contributed by atoms with van der Waals surface area (Å²) in [5.74, 6) is 0. The lowest BCUT2D eigenvalue weighted by Crippen LogP contribution is -2.42. The van der Waals surface area contributed by atoms with E-state index in [4.69, 9.17) is 4.74 Å². The third-order valence-corrected chi connectivity index (χ3v) is 4.91. The second kappa shape index (κ2) is 7.39. The van der Waals surface area contributed by atoms with Gasteiger partial charge in [-0.15, -0.1) is 0 Å². The Morgan fingerprint density at radius 1 is 1.19 bits per heavy atom. The van der Waals surface area contributed by atoms with Crippen molar-refractivity contribution in [2.24, 2.45) is 0 Å². The summed E-state index contributed by atoms with van der Waals surface area (Å²) < 4.78 is 5.95. The van der Waals surface area contributed by atoms with Gasteiger partial charge in [0.15, 0.2) is 0 Å². The van der Waals surface area contributed by atoms with Crippen LogP contribution in [-0.4, -0.2) is 43.3 Å². The van der Waals surface area contributed by atoms with Crippen LogP contribution in [0.4, 0.5) is 0 Å². The molecule has 2 aliphatic heterocycles. The Balaban J connectivity index is 1.65. The minimum Gasteiger partial charge on any atom is -0.377 e. The zero-order valence-electron chi connectivity index (χ0n) is 13.1. The van der Waals surface area contributed by atoms with Crippen LogP contribution in [0, 0.1) is 0 Å². The summed E-state index contributed by atoms with van der Waals surface area (Å²) in [6, 6.07) is 11.9. The van der Waals surface area contributed by atoms with Crippen LogP contribution in [0.5, 0.6) is 0 Å². The van der Waals surface area contributed by atoms with Gasteiger partial charge in [-0.05, 0) is 44.7 Å². The van der Waals surface area contributed by atoms with Crippen LogP contribution in [0.25, 0.3) is 0 Å². The molecule has 2 aliphatic rings. The molecule has 0 saturated carbocycles. The largest absolute Gasteiger partial charge is 0.377 e. The molecule has 0 spiro atoms. The van der Waals surface area contributed by atoms with Crippen molar-refractivity contribution >= 4 is 0 Å². The van der Waals surface area contributed by atoms with Crippen molar-refractivity contribution in [1.29, 1.82) is 0 Å². The Kier molecular flexibility index (Phi) is 5.28. The van der Waals surface area contributed by atoms with E-state index in [0.717, 1.165) is 26.2 Å². The third-order valence-electron chi connectivity index (χ3n) is 4.91. The summed E-state index contributed by atoms with van der Waals surface area (Å²) in [6.45, 7) is 6.59. The number of hydrogen-bond donors (Lipinski definition) is 1. The van der Waals surface area contributed by atoms with Crippen molar-refractivity contribution in [3.8, 4) is 0 Å². The SMILES string of the molecule is CC1CCNC(c2ccccc2)CN1CC1CCCCO1. The maximum Gasteiger partial charge on any atom is 0.0702 e. The van der Waals surface area contributed by atoms with Gasteiger partial charge < -0.3 is 10.1 Å². The van der Waals surface area contributed by atoms with Gasteiger partial charge in [-0.25, -0.2) is 0 Å². The lowest BCUT2D eigenvalue weighted by Gasteiger charge is -2.34. The summed E-state index contributed by atoms with van der Waals surface area (Å²) in [5, 5.41) is 3.71. The first kappa shape index (κ1) is 15.0. The third kappa shape index (κ3) is 4.06. The average molecular weight is 288 g/mol. The van der Waals surface area contributed by atoms with Gasteiger partial charge in [0, 0.05) is 31.8 Å². The molecule has 3 nitrogen and oxygen atoms in total. The number of hydrogen-bond acceptors (Lipinski definition) is 3. The summed E-state index contributed by atoms with van der Waals surface area (Å²) in [6.07, 6.45) is 5.45. The van der Waals surface area contributed by atoms with Crippen molar-refractivity contribution < 1.29 is 4.74 Å². The van der Waals surface area contributed by atoms with Crippen LogP contribution in [0.2, 0.25) is 0 Å². The van der Waals surface area contributed by atoms with Gasteiger partial charge in [-0.3, -0.25) is 4.90 Å². The topological polar surface area (TPSA) is 24.5 Å². The molecule has 0 bridgehead atoms. The first-order valence-electron chi connectivity index (χ1n) is 8.47. The Bertz CT molecular complexity index is 416. The van der Waals surface area contributed by atoms with Gasteiger partial charge in [-0.1, -0.05) is 30.3 Å². The highest BCUT2D eigenvalue weighted by Gasteiger charge is 2.26. The van der Waals surface area contributed by atoms with E-state index in [2.05, 4.69) is 47.5 Å². The Labute approximate surface area is 128 Å². The normalized spacial score (nSPS) is 31.8. The first-order chi connectivity index (χ1) is 10.3. The fraction of sp³-hybridized carbons (Fsp3) is 0.667. The molecule has 0 amide bonds. The van der Waals surface area contributed by atoms with Crippen molar-refractivity contribution in [1.82, 2.24) is 10.2 Å². The minimum absolute atomic E-state index is 0.440. The molecular weight excluding hydrogens is 260 g/mol. The van der Waals surface area contributed by atoms with Gasteiger partial charge >= 0.3 is 0 Å². The van der Waals surface area contributed by atoms with Crippen LogP contribution in [-0.2, 0) is 4.74 Å². The molecule has 1 aromatic rings. The molecule has 2 heterocycles. The Morgan fingerprint density at radius 3 is 2.81 bits per heavy atom. The van der Waals surface area contributed by atoms with Crippen molar-refractivity contribution in [3.05, 3.63) is 35.9 Å². The summed E-state index contributed by atoms with van der Waals surface area (Å²) in [4.78, 5) is 2.63. The Morgan fingerprint density at radius 2 is 2.05 bits per heavy atom. The molecular formula is C18H28N2O. The maximum absolute atomic E-state index is 5.95. The minimum atomic E-state index is 0.440. The number of nitrogens with one attached hydrogen (secondary N) is 1. The second-order valence-electron chi connectivity index (χ2n) is 6.50. The summed E-state index contributed by atoms with van der Waals surface area (Å²) >= 11 is 0. The lowest BCUT2D eigenvalue weighted by molar-refractivity contribution is -0.0127. The van der Waals surface area contributed by atoms with E-state index in [1.807, 2.05) is 0 Å². The zero-order chi connectivity index (χ0) is 14.5. The molecule has 3 atom stereocenters. The molecule has 1 N–H and O–H groups in total. The van der Waals surface area contributed by atoms with E-state index in [1.54, 1.807) is 0 Å². The van der Waals surface area contributed by atoms with Gasteiger partial charge in [0.2, 0.25) is 0 Å². The van der Waals surface area contributed by atoms with Gasteiger partial charge in [0.25, 0.3) is 0 Å². The van der Waals surface area contributed by atoms with E-state index < -0.39 is 0 Å². The van der Waals surface area contributed by atoms with E-state index in [-0.39, 0.29) is 0 Å². The highest BCUT2D eigenvalue weighted by molar-refractivity contribution is 5.19. The summed E-state index contributed by atoms with van der Waals surface area (Å²) in [5.41, 5.74) is 1.40. The molecule has 0 radical (unpaired) electrons. The molecule has 3 unspecified atom stereocenters. The van der Waals surface area contributed by atoms with Crippen LogP contribution in [0.15, 0.2) is 30.3 Å². The molecule has 21 heavy (non-hydrogen) atoms. The highest BCUT2D eigenvalue weighted by atomic mass is 16.5. The quantitative estimate of drug-likeness (QED) is 0.925. The maximum atomic E-state index is 5.95. The van der Waals surface area contributed by atoms with E-state index in [9.17, 15) is 0 Å². The van der Waals surface area contributed by atoms with Gasteiger partial charge in [0.1, 0.15) is 0 Å². The predicted molar refractivity (Wildman–Crippen MR) is 86.4 cm³/mol. The molecule has 0 aliphatic carbocycles. The fourth-order valence-corrected chi connectivity index (χ4v) is 3.50. The average Bonchev–Trinajstić information content (AvgIpc) is 2.72. The van der Waals surface area contributed by atoms with Crippen molar-refractivity contribution in [2.45, 2.75) is 50.8 Å². The van der Waals surface area contributed by atoms with Crippen LogP contribution < -0.4 is 5.32 Å². The fourth-order valence-electron chi connectivity index (χ4n) is 3.50. The monoisotopic (exact) mass is 288 g/mol. The molecule has 2 saturated heterocycles. The van der Waals surface area contributed by atoms with Crippen LogP contribution >= 0.6 is 0 Å². The van der Waals surface area contributed by atoms with Gasteiger partial charge in [0.05, 0.1) is 6.10 Å². The molecule has 2 fully saturated rings.